The average Bonchev–Trinajstić information content (AvgIpc) is 2.48. The van der Waals surface area contributed by atoms with Crippen LogP contribution in [0.1, 0.15) is 12.5 Å². The summed E-state index contributed by atoms with van der Waals surface area (Å²) in [6, 6.07) is 4.27. The minimum Gasteiger partial charge on any atom is -0.761 e. The fourth-order valence-electron chi connectivity index (χ4n) is 1.92. The second-order valence-electron chi connectivity index (χ2n) is 4.52. The topological polar surface area (TPSA) is 68.3 Å². The summed E-state index contributed by atoms with van der Waals surface area (Å²) in [4.78, 5) is 16.4. The zero-order valence-corrected chi connectivity index (χ0v) is 11.7. The third-order valence-electron chi connectivity index (χ3n) is 2.92. The van der Waals surface area contributed by atoms with Crippen LogP contribution < -0.4 is 10.4 Å². The molecule has 0 radical (unpaired) electrons. The number of benzene rings is 1. The number of rotatable bonds is 3. The Morgan fingerprint density at radius 3 is 2.48 bits per heavy atom. The summed E-state index contributed by atoms with van der Waals surface area (Å²) in [5, 5.41) is 10.7. The van der Waals surface area contributed by atoms with E-state index in [9.17, 15) is 27.6 Å². The molecule has 0 atom stereocenters. The van der Waals surface area contributed by atoms with Gasteiger partial charge in [-0.15, -0.1) is 0 Å². The van der Waals surface area contributed by atoms with Crippen molar-refractivity contribution in [3.05, 3.63) is 53.1 Å². The Morgan fingerprint density at radius 1 is 1.26 bits per heavy atom. The Balaban J connectivity index is 2.52. The largest absolute Gasteiger partial charge is 0.761 e. The molecule has 0 spiro atoms. The maximum Gasteiger partial charge on any atom is 0.416 e. The van der Waals surface area contributed by atoms with E-state index in [-0.39, 0.29) is 11.5 Å². The van der Waals surface area contributed by atoms with Gasteiger partial charge in [-0.1, -0.05) is 0 Å². The molecule has 1 heterocycles. The van der Waals surface area contributed by atoms with Gasteiger partial charge in [0.15, 0.2) is 0 Å². The summed E-state index contributed by atoms with van der Waals surface area (Å²) in [5.41, 5.74) is 0.0717. The zero-order chi connectivity index (χ0) is 17.2. The van der Waals surface area contributed by atoms with Gasteiger partial charge >= 0.3 is 6.18 Å². The molecule has 0 unspecified atom stereocenters. The molecule has 1 amide bonds. The van der Waals surface area contributed by atoms with Crippen molar-refractivity contribution in [2.24, 2.45) is 0 Å². The van der Waals surface area contributed by atoms with E-state index in [1.807, 2.05) is 0 Å². The van der Waals surface area contributed by atoms with Gasteiger partial charge in [0.25, 0.3) is 0 Å². The first kappa shape index (κ1) is 16.7. The van der Waals surface area contributed by atoms with Crippen LogP contribution in [0.4, 0.5) is 34.8 Å². The minimum absolute atomic E-state index is 0.0635. The van der Waals surface area contributed by atoms with Crippen molar-refractivity contribution in [3.8, 4) is 0 Å². The van der Waals surface area contributed by atoms with E-state index in [0.717, 1.165) is 17.9 Å². The van der Waals surface area contributed by atoms with Crippen molar-refractivity contribution in [1.82, 2.24) is 4.98 Å². The molecule has 0 aliphatic rings. The molecule has 0 fully saturated rings. The second kappa shape index (κ2) is 6.21. The van der Waals surface area contributed by atoms with E-state index in [1.165, 1.54) is 18.3 Å². The number of nitrogens with zero attached hydrogens (tertiary/aromatic N) is 2. The number of carbonyl (C=O) groups is 1. The highest BCUT2D eigenvalue weighted by atomic mass is 19.4. The van der Waals surface area contributed by atoms with Gasteiger partial charge in [-0.05, 0) is 24.3 Å². The molecule has 0 saturated heterocycles. The van der Waals surface area contributed by atoms with Crippen LogP contribution in [0.3, 0.4) is 0 Å². The highest BCUT2D eigenvalue weighted by Gasteiger charge is 2.32. The van der Waals surface area contributed by atoms with Gasteiger partial charge in [-0.3, -0.25) is 9.69 Å². The van der Waals surface area contributed by atoms with Gasteiger partial charge in [0.2, 0.25) is 5.91 Å². The summed E-state index contributed by atoms with van der Waals surface area (Å²) in [5.74, 6) is -2.02. The molecule has 1 aromatic carbocycles. The quantitative estimate of drug-likeness (QED) is 0.687. The first-order valence-electron chi connectivity index (χ1n) is 6.25. The van der Waals surface area contributed by atoms with Crippen LogP contribution in [0, 0.1) is 11.0 Å². The van der Waals surface area contributed by atoms with E-state index in [0.29, 0.717) is 12.1 Å². The molecule has 1 N–H and O–H groups in total. The van der Waals surface area contributed by atoms with E-state index in [2.05, 4.69) is 4.98 Å². The molecule has 0 bridgehead atoms. The van der Waals surface area contributed by atoms with E-state index in [1.54, 1.807) is 5.48 Å². The molecule has 2 aromatic rings. The van der Waals surface area contributed by atoms with Crippen molar-refractivity contribution in [1.29, 1.82) is 0 Å². The van der Waals surface area contributed by atoms with Crippen LogP contribution in [0.2, 0.25) is 0 Å². The third-order valence-corrected chi connectivity index (χ3v) is 2.92. The van der Waals surface area contributed by atoms with Crippen LogP contribution in [-0.2, 0) is 11.0 Å². The molecule has 5 nitrogen and oxygen atoms in total. The zero-order valence-electron chi connectivity index (χ0n) is 11.7. The van der Waals surface area contributed by atoms with Crippen LogP contribution in [-0.4, -0.2) is 10.9 Å². The SMILES string of the molecule is CC(=O)N(c1cc(N[O-])ccn1)c1ccc(C(F)(F)F)cc1F. The maximum atomic E-state index is 14.1. The molecule has 9 heteroatoms. The van der Waals surface area contributed by atoms with Gasteiger partial charge < -0.3 is 10.7 Å². The molecular formula is C14H10F4N3O2-. The molecule has 23 heavy (non-hydrogen) atoms. The number of hydrogen-bond donors (Lipinski definition) is 1. The van der Waals surface area contributed by atoms with Crippen LogP contribution in [0.15, 0.2) is 36.5 Å². The van der Waals surface area contributed by atoms with Crippen molar-refractivity contribution >= 4 is 23.1 Å². The molecular weight excluding hydrogens is 318 g/mol. The molecule has 0 saturated carbocycles. The molecule has 1 aromatic heterocycles. The number of amides is 1. The summed E-state index contributed by atoms with van der Waals surface area (Å²) >= 11 is 0. The van der Waals surface area contributed by atoms with Crippen molar-refractivity contribution < 1.29 is 22.4 Å². The van der Waals surface area contributed by atoms with Crippen LogP contribution in [0.25, 0.3) is 0 Å². The number of carbonyl (C=O) groups excluding carboxylic acids is 1. The summed E-state index contributed by atoms with van der Waals surface area (Å²) < 4.78 is 51.8. The molecule has 0 aliphatic carbocycles. The number of nitrogens with one attached hydrogen (secondary N) is 1. The van der Waals surface area contributed by atoms with Gasteiger partial charge in [-0.25, -0.2) is 9.37 Å². The Kier molecular flexibility index (Phi) is 4.50. The predicted molar refractivity (Wildman–Crippen MR) is 75.4 cm³/mol. The number of aromatic nitrogens is 1. The van der Waals surface area contributed by atoms with E-state index in [4.69, 9.17) is 0 Å². The van der Waals surface area contributed by atoms with Gasteiger partial charge in [0.05, 0.1) is 11.3 Å². The van der Waals surface area contributed by atoms with Gasteiger partial charge in [-0.2, -0.15) is 13.2 Å². The number of halogens is 4. The molecule has 0 aliphatic heterocycles. The standard InChI is InChI=1S/C14H10F4N3O2/c1-8(22)21(13-7-10(20-23)4-5-19-13)12-3-2-9(6-11(12)15)14(16,17)18/h2-7H,1H3,(H-,19,20,23)/q-1. The summed E-state index contributed by atoms with van der Waals surface area (Å²) in [7, 11) is 0. The van der Waals surface area contributed by atoms with E-state index >= 15 is 0 Å². The van der Waals surface area contributed by atoms with Crippen molar-refractivity contribution in [2.75, 3.05) is 10.4 Å². The lowest BCUT2D eigenvalue weighted by atomic mass is 10.1. The number of alkyl halides is 3. The fourth-order valence-corrected chi connectivity index (χ4v) is 1.92. The van der Waals surface area contributed by atoms with Gasteiger partial charge in [0.1, 0.15) is 11.6 Å². The lowest BCUT2D eigenvalue weighted by Crippen LogP contribution is -2.25. The monoisotopic (exact) mass is 328 g/mol. The Bertz CT molecular complexity index is 734. The number of pyridine rings is 1. The summed E-state index contributed by atoms with van der Waals surface area (Å²) in [6.45, 7) is 1.09. The fraction of sp³-hybridized carbons (Fsp3) is 0.143. The normalized spacial score (nSPS) is 11.2. The van der Waals surface area contributed by atoms with Crippen LogP contribution in [0.5, 0.6) is 0 Å². The van der Waals surface area contributed by atoms with E-state index < -0.39 is 29.2 Å². The van der Waals surface area contributed by atoms with Crippen molar-refractivity contribution in [3.63, 3.8) is 0 Å². The minimum atomic E-state index is -4.70. The number of anilines is 3. The average molecular weight is 328 g/mol. The maximum absolute atomic E-state index is 14.1. The molecule has 2 rings (SSSR count). The Labute approximate surface area is 128 Å². The highest BCUT2D eigenvalue weighted by molar-refractivity contribution is 5.98. The second-order valence-corrected chi connectivity index (χ2v) is 4.52. The molecule has 122 valence electrons. The Hall–Kier alpha value is -2.68. The summed E-state index contributed by atoms with van der Waals surface area (Å²) in [6.07, 6.45) is -3.50. The van der Waals surface area contributed by atoms with Crippen molar-refractivity contribution in [2.45, 2.75) is 13.1 Å². The lowest BCUT2D eigenvalue weighted by Gasteiger charge is -2.22. The lowest BCUT2D eigenvalue weighted by molar-refractivity contribution is -0.137. The van der Waals surface area contributed by atoms with Crippen LogP contribution >= 0.6 is 0 Å². The third kappa shape index (κ3) is 3.57. The van der Waals surface area contributed by atoms with Gasteiger partial charge in [0, 0.05) is 24.9 Å². The predicted octanol–water partition coefficient (Wildman–Crippen LogP) is 3.83. The smallest absolute Gasteiger partial charge is 0.416 e. The first-order chi connectivity index (χ1) is 10.7. The first-order valence-corrected chi connectivity index (χ1v) is 6.25. The Morgan fingerprint density at radius 2 is 1.96 bits per heavy atom. The highest BCUT2D eigenvalue weighted by Crippen LogP contribution is 2.34. The number of hydrogen-bond acceptors (Lipinski definition) is 4.